The first-order valence-corrected chi connectivity index (χ1v) is 8.18. The normalized spacial score (nSPS) is 11.2. The van der Waals surface area contributed by atoms with Crippen molar-refractivity contribution in [1.29, 1.82) is 0 Å². The van der Waals surface area contributed by atoms with E-state index in [4.69, 9.17) is 5.11 Å². The maximum atomic E-state index is 12.0. The number of nitrogens with one attached hydrogen (secondary N) is 2. The zero-order chi connectivity index (χ0) is 16.0. The van der Waals surface area contributed by atoms with E-state index in [-0.39, 0.29) is 18.1 Å². The Balaban J connectivity index is 1.93. The van der Waals surface area contributed by atoms with Crippen LogP contribution in [0, 0.1) is 5.41 Å². The maximum absolute atomic E-state index is 12.0. The van der Waals surface area contributed by atoms with Gasteiger partial charge in [0.25, 0.3) is 0 Å². The molecule has 0 spiro atoms. The van der Waals surface area contributed by atoms with Crippen molar-refractivity contribution in [2.24, 2.45) is 5.41 Å². The van der Waals surface area contributed by atoms with Crippen molar-refractivity contribution >= 4 is 23.1 Å². The summed E-state index contributed by atoms with van der Waals surface area (Å²) in [4.78, 5) is 13.2. The number of urea groups is 1. The zero-order valence-electron chi connectivity index (χ0n) is 12.9. The third kappa shape index (κ3) is 4.86. The first-order chi connectivity index (χ1) is 10.5. The highest BCUT2D eigenvalue weighted by molar-refractivity contribution is 7.13. The molecule has 1 aromatic carbocycles. The molecular formula is C17H22N2O2S. The van der Waals surface area contributed by atoms with Crippen LogP contribution in [0.1, 0.15) is 20.3 Å². The summed E-state index contributed by atoms with van der Waals surface area (Å²) >= 11 is 1.67. The molecule has 0 saturated carbocycles. The first kappa shape index (κ1) is 16.5. The van der Waals surface area contributed by atoms with Crippen LogP contribution in [0.5, 0.6) is 0 Å². The van der Waals surface area contributed by atoms with E-state index in [0.29, 0.717) is 13.0 Å². The molecule has 0 bridgehead atoms. The summed E-state index contributed by atoms with van der Waals surface area (Å²) in [7, 11) is 0. The summed E-state index contributed by atoms with van der Waals surface area (Å²) in [6, 6.07) is 11.6. The zero-order valence-corrected chi connectivity index (χ0v) is 13.7. The van der Waals surface area contributed by atoms with E-state index in [2.05, 4.69) is 16.7 Å². The molecule has 0 aliphatic carbocycles. The molecule has 0 saturated heterocycles. The van der Waals surface area contributed by atoms with Crippen LogP contribution in [0.4, 0.5) is 10.5 Å². The Hall–Kier alpha value is -1.85. The van der Waals surface area contributed by atoms with Crippen LogP contribution in [-0.2, 0) is 0 Å². The third-order valence-corrected chi connectivity index (χ3v) is 4.36. The van der Waals surface area contributed by atoms with Gasteiger partial charge < -0.3 is 15.7 Å². The van der Waals surface area contributed by atoms with Crippen LogP contribution in [0.15, 0.2) is 41.8 Å². The molecule has 5 heteroatoms. The van der Waals surface area contributed by atoms with Gasteiger partial charge in [-0.3, -0.25) is 0 Å². The topological polar surface area (TPSA) is 61.4 Å². The lowest BCUT2D eigenvalue weighted by Crippen LogP contribution is -2.37. The molecule has 118 valence electrons. The van der Waals surface area contributed by atoms with Crippen LogP contribution in [0.3, 0.4) is 0 Å². The van der Waals surface area contributed by atoms with Crippen molar-refractivity contribution in [3.05, 3.63) is 41.8 Å². The Labute approximate surface area is 135 Å². The quantitative estimate of drug-likeness (QED) is 0.755. The van der Waals surface area contributed by atoms with Crippen LogP contribution in [0.25, 0.3) is 10.4 Å². The number of rotatable bonds is 6. The molecule has 0 aliphatic heterocycles. The molecule has 0 fully saturated rings. The fraction of sp³-hybridized carbons (Fsp3) is 0.353. The van der Waals surface area contributed by atoms with Crippen LogP contribution in [0.2, 0.25) is 0 Å². The second-order valence-electron chi connectivity index (χ2n) is 6.00. The lowest BCUT2D eigenvalue weighted by atomic mass is 9.90. The molecule has 0 aliphatic rings. The summed E-state index contributed by atoms with van der Waals surface area (Å²) < 4.78 is 0. The second kappa shape index (κ2) is 7.42. The van der Waals surface area contributed by atoms with Gasteiger partial charge in [0.15, 0.2) is 0 Å². The number of aliphatic hydroxyl groups is 1. The van der Waals surface area contributed by atoms with Crippen molar-refractivity contribution in [1.82, 2.24) is 5.32 Å². The van der Waals surface area contributed by atoms with Gasteiger partial charge in [-0.15, -0.1) is 11.3 Å². The number of benzene rings is 1. The van der Waals surface area contributed by atoms with Gasteiger partial charge in [0.1, 0.15) is 0 Å². The van der Waals surface area contributed by atoms with E-state index < -0.39 is 0 Å². The monoisotopic (exact) mass is 318 g/mol. The van der Waals surface area contributed by atoms with Gasteiger partial charge in [0.2, 0.25) is 0 Å². The highest BCUT2D eigenvalue weighted by atomic mass is 32.1. The predicted molar refractivity (Wildman–Crippen MR) is 92.3 cm³/mol. The van der Waals surface area contributed by atoms with Crippen LogP contribution >= 0.6 is 11.3 Å². The lowest BCUT2D eigenvalue weighted by Gasteiger charge is -2.23. The maximum Gasteiger partial charge on any atom is 0.319 e. The highest BCUT2D eigenvalue weighted by Gasteiger charge is 2.18. The second-order valence-corrected chi connectivity index (χ2v) is 6.95. The fourth-order valence-corrected chi connectivity index (χ4v) is 2.80. The van der Waals surface area contributed by atoms with Gasteiger partial charge in [0, 0.05) is 23.7 Å². The number of anilines is 1. The van der Waals surface area contributed by atoms with Crippen molar-refractivity contribution in [2.75, 3.05) is 18.5 Å². The fourth-order valence-electron chi connectivity index (χ4n) is 2.08. The smallest absolute Gasteiger partial charge is 0.319 e. The summed E-state index contributed by atoms with van der Waals surface area (Å²) in [6.07, 6.45) is 0.654. The minimum absolute atomic E-state index is 0.120. The number of aliphatic hydroxyl groups excluding tert-OH is 1. The molecule has 2 aromatic rings. The molecular weight excluding hydrogens is 296 g/mol. The van der Waals surface area contributed by atoms with Gasteiger partial charge in [-0.2, -0.15) is 0 Å². The number of hydrogen-bond acceptors (Lipinski definition) is 3. The first-order valence-electron chi connectivity index (χ1n) is 7.30. The summed E-state index contributed by atoms with van der Waals surface area (Å²) in [6.45, 7) is 4.67. The molecule has 1 aromatic heterocycles. The van der Waals surface area contributed by atoms with Crippen LogP contribution < -0.4 is 10.6 Å². The van der Waals surface area contributed by atoms with E-state index in [9.17, 15) is 4.79 Å². The van der Waals surface area contributed by atoms with E-state index in [1.165, 1.54) is 4.88 Å². The van der Waals surface area contributed by atoms with Gasteiger partial charge in [0.05, 0.1) is 0 Å². The Morgan fingerprint density at radius 3 is 2.77 bits per heavy atom. The standard InChI is InChI=1S/C17H22N2O2S/c1-17(2,8-9-20)12-18-16(21)19-14-6-3-5-13(11-14)15-7-4-10-22-15/h3-7,10-11,20H,8-9,12H2,1-2H3,(H2,18,19,21). The predicted octanol–water partition coefficient (Wildman–Crippen LogP) is 3.95. The highest BCUT2D eigenvalue weighted by Crippen LogP contribution is 2.26. The molecule has 3 N–H and O–H groups in total. The average molecular weight is 318 g/mol. The minimum Gasteiger partial charge on any atom is -0.396 e. The number of amides is 2. The molecule has 0 atom stereocenters. The van der Waals surface area contributed by atoms with E-state index in [1.54, 1.807) is 11.3 Å². The Morgan fingerprint density at radius 1 is 1.27 bits per heavy atom. The number of carbonyl (C=O) groups is 1. The molecule has 0 unspecified atom stereocenters. The molecule has 4 nitrogen and oxygen atoms in total. The largest absolute Gasteiger partial charge is 0.396 e. The van der Waals surface area contributed by atoms with Gasteiger partial charge in [-0.1, -0.05) is 32.0 Å². The number of hydrogen-bond donors (Lipinski definition) is 3. The van der Waals surface area contributed by atoms with E-state index >= 15 is 0 Å². The number of thiophene rings is 1. The van der Waals surface area contributed by atoms with Crippen molar-refractivity contribution in [2.45, 2.75) is 20.3 Å². The SMILES string of the molecule is CC(C)(CCO)CNC(=O)Nc1cccc(-c2cccs2)c1. The summed E-state index contributed by atoms with van der Waals surface area (Å²) in [5, 5.41) is 16.7. The average Bonchev–Trinajstić information content (AvgIpc) is 3.00. The lowest BCUT2D eigenvalue weighted by molar-refractivity contribution is 0.204. The van der Waals surface area contributed by atoms with Gasteiger partial charge in [-0.05, 0) is 41.0 Å². The molecule has 22 heavy (non-hydrogen) atoms. The minimum atomic E-state index is -0.227. The molecule has 2 amide bonds. The number of carbonyl (C=O) groups excluding carboxylic acids is 1. The summed E-state index contributed by atoms with van der Waals surface area (Å²) in [5.74, 6) is 0. The molecule has 1 heterocycles. The van der Waals surface area contributed by atoms with Crippen molar-refractivity contribution < 1.29 is 9.90 Å². The van der Waals surface area contributed by atoms with Crippen LogP contribution in [-0.4, -0.2) is 24.3 Å². The van der Waals surface area contributed by atoms with E-state index in [1.807, 2.05) is 49.6 Å². The molecule has 2 rings (SSSR count). The van der Waals surface area contributed by atoms with Gasteiger partial charge >= 0.3 is 6.03 Å². The Bertz CT molecular complexity index is 609. The summed E-state index contributed by atoms with van der Waals surface area (Å²) in [5.41, 5.74) is 1.74. The Morgan fingerprint density at radius 2 is 2.09 bits per heavy atom. The third-order valence-electron chi connectivity index (χ3n) is 3.44. The van der Waals surface area contributed by atoms with E-state index in [0.717, 1.165) is 11.3 Å². The van der Waals surface area contributed by atoms with Crippen molar-refractivity contribution in [3.8, 4) is 10.4 Å². The Kier molecular flexibility index (Phi) is 5.57. The molecule has 0 radical (unpaired) electrons. The van der Waals surface area contributed by atoms with Crippen molar-refractivity contribution in [3.63, 3.8) is 0 Å². The van der Waals surface area contributed by atoms with Gasteiger partial charge in [-0.25, -0.2) is 4.79 Å².